The Morgan fingerprint density at radius 3 is 1.38 bits per heavy atom. The quantitative estimate of drug-likeness (QED) is 0.0272. The van der Waals surface area contributed by atoms with Gasteiger partial charge in [0.1, 0.15) is 12.2 Å². The van der Waals surface area contributed by atoms with Gasteiger partial charge in [0.15, 0.2) is 0 Å². The van der Waals surface area contributed by atoms with E-state index in [-0.39, 0.29) is 35.0 Å². The van der Waals surface area contributed by atoms with E-state index >= 15 is 0 Å². The van der Waals surface area contributed by atoms with Crippen LogP contribution in [0.4, 0.5) is 0 Å². The van der Waals surface area contributed by atoms with Crippen LogP contribution in [0.1, 0.15) is 256 Å². The molecule has 0 N–H and O–H groups in total. The maximum absolute atomic E-state index is 12.7. The highest BCUT2D eigenvalue weighted by Crippen LogP contribution is 2.44. The summed E-state index contributed by atoms with van der Waals surface area (Å²) in [6.07, 6.45) is 64.1. The molecule has 404 valence electrons. The van der Waals surface area contributed by atoms with Gasteiger partial charge in [-0.15, -0.1) is 0 Å². The molecule has 0 aliphatic heterocycles. The highest BCUT2D eigenvalue weighted by molar-refractivity contribution is 5.70. The van der Waals surface area contributed by atoms with E-state index < -0.39 is 0 Å². The number of carbonyl (C=O) groups is 2. The summed E-state index contributed by atoms with van der Waals surface area (Å²) in [5.74, 6) is 0.221. The van der Waals surface area contributed by atoms with Crippen molar-refractivity contribution in [2.75, 3.05) is 0 Å². The number of hydrogen-bond donors (Lipinski definition) is 0. The molecule has 0 aromatic heterocycles. The van der Waals surface area contributed by atoms with Gasteiger partial charge < -0.3 is 9.47 Å². The van der Waals surface area contributed by atoms with Gasteiger partial charge in [-0.3, -0.25) is 9.59 Å². The molecular formula is C68H108O4. The maximum atomic E-state index is 12.7. The summed E-state index contributed by atoms with van der Waals surface area (Å²) in [6, 6.07) is 0. The molecule has 0 amide bonds. The van der Waals surface area contributed by atoms with E-state index in [2.05, 4.69) is 174 Å². The summed E-state index contributed by atoms with van der Waals surface area (Å²) in [4.78, 5) is 25.5. The zero-order valence-corrected chi connectivity index (χ0v) is 48.6. The van der Waals surface area contributed by atoms with Crippen molar-refractivity contribution in [1.82, 2.24) is 0 Å². The van der Waals surface area contributed by atoms with Gasteiger partial charge in [0.05, 0.1) is 0 Å². The van der Waals surface area contributed by atoms with Gasteiger partial charge in [-0.1, -0.05) is 288 Å². The summed E-state index contributed by atoms with van der Waals surface area (Å²) in [5.41, 5.74) is 8.64. The molecule has 3 atom stereocenters. The molecule has 4 nitrogen and oxygen atoms in total. The van der Waals surface area contributed by atoms with E-state index in [0.29, 0.717) is 18.8 Å². The van der Waals surface area contributed by atoms with Crippen LogP contribution in [0, 0.1) is 16.7 Å². The lowest BCUT2D eigenvalue weighted by atomic mass is 9.67. The third-order valence-electron chi connectivity index (χ3n) is 14.8. The summed E-state index contributed by atoms with van der Waals surface area (Å²) < 4.78 is 12.0. The van der Waals surface area contributed by atoms with Crippen molar-refractivity contribution >= 4 is 11.9 Å². The standard InChI is InChI=1S/C68H108O4/c1-13-15-17-19-21-23-25-27-29-31-33-45-65(69)71-61-51-59(7)63(67(9,10)53-61)49-47-57(5)43-37-41-55(3)39-35-36-40-56(4)42-38-44-58(6)48-50-64-60(8)52-62(54-68(64,11)12)72-66(70)46-34-32-30-28-26-24-22-20-18-16-14-2/h35-44,47-51,61-63H,13-34,45-46,52-54H2,1-12H3/b36-35+,41-37+,42-38+,49-47+,50-48+,55-39+,56-40+,57-43+,58-44+. The minimum absolute atomic E-state index is 0.00389. The minimum atomic E-state index is -0.142. The Hall–Kier alpha value is -3.92. The highest BCUT2D eigenvalue weighted by Gasteiger charge is 2.37. The Balaban J connectivity index is 1.76. The van der Waals surface area contributed by atoms with E-state index in [1.807, 2.05) is 0 Å². The van der Waals surface area contributed by atoms with Crippen LogP contribution in [0.15, 0.2) is 130 Å². The van der Waals surface area contributed by atoms with Crippen LogP contribution in [0.5, 0.6) is 0 Å². The van der Waals surface area contributed by atoms with E-state index in [1.165, 1.54) is 155 Å². The van der Waals surface area contributed by atoms with E-state index in [4.69, 9.17) is 9.47 Å². The SMILES string of the molecule is CCCCCCCCCCCCCC(=O)OC1C=C(C)C(/C=C/C(C)=C/C=C/C(C)=C/C=C/C=C(C)/C=C/C=C(C)/C=C/C2=C(C)CC(OC(=O)CCCCCCCCCCCCC)CC2(C)C)C(C)(C)C1. The van der Waals surface area contributed by atoms with Gasteiger partial charge in [0.25, 0.3) is 0 Å². The Bertz CT molecular complexity index is 1910. The lowest BCUT2D eigenvalue weighted by Crippen LogP contribution is -2.34. The number of unbranched alkanes of at least 4 members (excludes halogenated alkanes) is 20. The molecule has 0 heterocycles. The average Bonchev–Trinajstić information content (AvgIpc) is 3.30. The number of esters is 2. The molecule has 2 rings (SSSR count). The van der Waals surface area contributed by atoms with Gasteiger partial charge in [0, 0.05) is 25.2 Å². The fourth-order valence-corrected chi connectivity index (χ4v) is 10.6. The molecule has 2 aliphatic rings. The summed E-state index contributed by atoms with van der Waals surface area (Å²) in [6.45, 7) is 26.6. The number of ether oxygens (including phenoxy) is 2. The van der Waals surface area contributed by atoms with Crippen LogP contribution in [0.2, 0.25) is 0 Å². The molecule has 72 heavy (non-hydrogen) atoms. The largest absolute Gasteiger partial charge is 0.462 e. The van der Waals surface area contributed by atoms with Gasteiger partial charge >= 0.3 is 11.9 Å². The molecular weight excluding hydrogens is 881 g/mol. The molecule has 0 fully saturated rings. The fraction of sp³-hybridized carbons (Fsp3) is 0.647. The van der Waals surface area contributed by atoms with Crippen molar-refractivity contribution in [3.8, 4) is 0 Å². The first kappa shape index (κ1) is 64.2. The van der Waals surface area contributed by atoms with Crippen molar-refractivity contribution in [3.63, 3.8) is 0 Å². The molecule has 0 spiro atoms. The Labute approximate surface area is 444 Å². The van der Waals surface area contributed by atoms with Gasteiger partial charge in [-0.05, 0) is 89.7 Å². The zero-order valence-electron chi connectivity index (χ0n) is 48.6. The number of rotatable bonds is 36. The van der Waals surface area contributed by atoms with Crippen LogP contribution >= 0.6 is 0 Å². The molecule has 0 radical (unpaired) electrons. The third kappa shape index (κ3) is 29.7. The molecule has 2 aliphatic carbocycles. The zero-order chi connectivity index (χ0) is 53.0. The predicted molar refractivity (Wildman–Crippen MR) is 314 cm³/mol. The van der Waals surface area contributed by atoms with Crippen molar-refractivity contribution in [1.29, 1.82) is 0 Å². The molecule has 0 aromatic rings. The second-order valence-electron chi connectivity index (χ2n) is 23.2. The molecule has 0 saturated heterocycles. The van der Waals surface area contributed by atoms with Crippen LogP contribution < -0.4 is 0 Å². The third-order valence-corrected chi connectivity index (χ3v) is 14.8. The first-order valence-electron chi connectivity index (χ1n) is 29.3. The lowest BCUT2D eigenvalue weighted by molar-refractivity contribution is -0.151. The molecule has 4 heteroatoms. The second kappa shape index (κ2) is 37.8. The van der Waals surface area contributed by atoms with Crippen molar-refractivity contribution in [2.45, 2.75) is 269 Å². The van der Waals surface area contributed by atoms with E-state index in [0.717, 1.165) is 44.9 Å². The smallest absolute Gasteiger partial charge is 0.306 e. The van der Waals surface area contributed by atoms with Gasteiger partial charge in [-0.2, -0.15) is 0 Å². The van der Waals surface area contributed by atoms with Crippen molar-refractivity contribution in [3.05, 3.63) is 130 Å². The van der Waals surface area contributed by atoms with Crippen LogP contribution in [0.25, 0.3) is 0 Å². The summed E-state index contributed by atoms with van der Waals surface area (Å²) in [7, 11) is 0. The average molecular weight is 990 g/mol. The van der Waals surface area contributed by atoms with Crippen LogP contribution in [0.3, 0.4) is 0 Å². The van der Waals surface area contributed by atoms with Gasteiger partial charge in [0.2, 0.25) is 0 Å². The van der Waals surface area contributed by atoms with Crippen molar-refractivity contribution < 1.29 is 19.1 Å². The maximum Gasteiger partial charge on any atom is 0.306 e. The monoisotopic (exact) mass is 989 g/mol. The molecule has 0 saturated carbocycles. The first-order valence-corrected chi connectivity index (χ1v) is 29.3. The molecule has 0 aromatic carbocycles. The van der Waals surface area contributed by atoms with E-state index in [1.54, 1.807) is 0 Å². The predicted octanol–water partition coefficient (Wildman–Crippen LogP) is 20.9. The second-order valence-corrected chi connectivity index (χ2v) is 23.2. The summed E-state index contributed by atoms with van der Waals surface area (Å²) in [5, 5.41) is 0. The topological polar surface area (TPSA) is 52.6 Å². The van der Waals surface area contributed by atoms with Gasteiger partial charge in [-0.25, -0.2) is 0 Å². The molecule has 0 bridgehead atoms. The van der Waals surface area contributed by atoms with Crippen LogP contribution in [-0.4, -0.2) is 24.1 Å². The highest BCUT2D eigenvalue weighted by atomic mass is 16.5. The lowest BCUT2D eigenvalue weighted by Gasteiger charge is -2.40. The number of carbonyl (C=O) groups excluding carboxylic acids is 2. The molecule has 3 unspecified atom stereocenters. The van der Waals surface area contributed by atoms with Crippen molar-refractivity contribution in [2.24, 2.45) is 16.7 Å². The minimum Gasteiger partial charge on any atom is -0.462 e. The Morgan fingerprint density at radius 1 is 0.528 bits per heavy atom. The summed E-state index contributed by atoms with van der Waals surface area (Å²) >= 11 is 0. The van der Waals surface area contributed by atoms with Crippen LogP contribution in [-0.2, 0) is 19.1 Å². The number of hydrogen-bond acceptors (Lipinski definition) is 4. The van der Waals surface area contributed by atoms with E-state index in [9.17, 15) is 9.59 Å². The fourth-order valence-electron chi connectivity index (χ4n) is 10.6. The number of allylic oxidation sites excluding steroid dienone is 20. The Morgan fingerprint density at radius 2 is 0.931 bits per heavy atom. The Kier molecular flexibility index (Phi) is 33.7. The normalized spacial score (nSPS) is 20.3. The first-order chi connectivity index (χ1) is 34.5.